The van der Waals surface area contributed by atoms with Crippen LogP contribution in [0, 0.1) is 12.3 Å². The first kappa shape index (κ1) is 9.04. The third-order valence-corrected chi connectivity index (χ3v) is 1.81. The molecule has 1 amide bonds. The van der Waals surface area contributed by atoms with Crippen LogP contribution in [-0.4, -0.2) is 37.0 Å². The fourth-order valence-electron chi connectivity index (χ4n) is 1.12. The summed E-state index contributed by atoms with van der Waals surface area (Å²) in [5.41, 5.74) is 2.63. The molecule has 1 heterocycles. The quantitative estimate of drug-likeness (QED) is 0.346. The number of hydrogen-bond donors (Lipinski definition) is 1. The van der Waals surface area contributed by atoms with Gasteiger partial charge in [0.1, 0.15) is 12.6 Å². The van der Waals surface area contributed by atoms with Crippen LogP contribution in [0.25, 0.3) is 0 Å². The Morgan fingerprint density at radius 1 is 1.92 bits per heavy atom. The number of likely N-dealkylation sites (N-methyl/N-ethyl adjacent to an activating group) is 1. The standard InChI is InChI=1S/C8H12N2O2/c1-3-6-12-9-7-4-5-10(2)8(7)11/h1,7,9H,4-6H2,2H3. The summed E-state index contributed by atoms with van der Waals surface area (Å²) in [5, 5.41) is 0. The summed E-state index contributed by atoms with van der Waals surface area (Å²) in [5.74, 6) is 2.37. The summed E-state index contributed by atoms with van der Waals surface area (Å²) < 4.78 is 0. The van der Waals surface area contributed by atoms with Gasteiger partial charge in [-0.3, -0.25) is 9.63 Å². The van der Waals surface area contributed by atoms with Gasteiger partial charge in [0.05, 0.1) is 0 Å². The molecule has 1 unspecified atom stereocenters. The number of carbonyl (C=O) groups excluding carboxylic acids is 1. The summed E-state index contributed by atoms with van der Waals surface area (Å²) in [6.45, 7) is 0.962. The third kappa shape index (κ3) is 1.97. The Kier molecular flexibility index (Phi) is 3.09. The second kappa shape index (κ2) is 4.10. The van der Waals surface area contributed by atoms with E-state index in [-0.39, 0.29) is 18.6 Å². The van der Waals surface area contributed by atoms with E-state index in [1.165, 1.54) is 0 Å². The third-order valence-electron chi connectivity index (χ3n) is 1.81. The largest absolute Gasteiger partial charge is 0.344 e. The highest BCUT2D eigenvalue weighted by molar-refractivity contribution is 5.83. The Bertz CT molecular complexity index is 210. The van der Waals surface area contributed by atoms with Gasteiger partial charge < -0.3 is 4.90 Å². The zero-order valence-corrected chi connectivity index (χ0v) is 7.04. The van der Waals surface area contributed by atoms with Crippen LogP contribution in [0.15, 0.2) is 0 Å². The molecule has 0 spiro atoms. The first-order valence-electron chi connectivity index (χ1n) is 3.81. The molecule has 1 saturated heterocycles. The average molecular weight is 168 g/mol. The average Bonchev–Trinajstić information content (AvgIpc) is 2.36. The maximum atomic E-state index is 11.2. The molecule has 0 saturated carbocycles. The Morgan fingerprint density at radius 3 is 3.17 bits per heavy atom. The van der Waals surface area contributed by atoms with Crippen LogP contribution in [-0.2, 0) is 9.63 Å². The lowest BCUT2D eigenvalue weighted by Crippen LogP contribution is -2.36. The predicted molar refractivity (Wildman–Crippen MR) is 44.0 cm³/mol. The van der Waals surface area contributed by atoms with E-state index < -0.39 is 0 Å². The van der Waals surface area contributed by atoms with Gasteiger partial charge >= 0.3 is 0 Å². The first-order valence-corrected chi connectivity index (χ1v) is 3.81. The Balaban J connectivity index is 2.26. The van der Waals surface area contributed by atoms with Crippen LogP contribution >= 0.6 is 0 Å². The molecule has 1 rings (SSSR count). The van der Waals surface area contributed by atoms with E-state index in [9.17, 15) is 4.79 Å². The number of hydrogen-bond acceptors (Lipinski definition) is 3. The van der Waals surface area contributed by atoms with Crippen LogP contribution in [0.2, 0.25) is 0 Å². The topological polar surface area (TPSA) is 41.6 Å². The van der Waals surface area contributed by atoms with Crippen LogP contribution in [0.5, 0.6) is 0 Å². The summed E-state index contributed by atoms with van der Waals surface area (Å²) in [4.78, 5) is 17.7. The van der Waals surface area contributed by atoms with Gasteiger partial charge in [0.15, 0.2) is 0 Å². The van der Waals surface area contributed by atoms with Gasteiger partial charge in [-0.2, -0.15) is 5.48 Å². The monoisotopic (exact) mass is 168 g/mol. The van der Waals surface area contributed by atoms with E-state index in [0.29, 0.717) is 0 Å². The van der Waals surface area contributed by atoms with Gasteiger partial charge in [0, 0.05) is 13.6 Å². The molecule has 0 aromatic heterocycles. The molecule has 0 aliphatic carbocycles. The second-order valence-electron chi connectivity index (χ2n) is 2.71. The van der Waals surface area contributed by atoms with Crippen molar-refractivity contribution in [1.29, 1.82) is 0 Å². The van der Waals surface area contributed by atoms with Gasteiger partial charge in [0.2, 0.25) is 5.91 Å². The number of amides is 1. The Morgan fingerprint density at radius 2 is 2.67 bits per heavy atom. The molecule has 0 radical (unpaired) electrons. The number of nitrogens with zero attached hydrogens (tertiary/aromatic N) is 1. The smallest absolute Gasteiger partial charge is 0.241 e. The molecule has 0 bridgehead atoms. The van der Waals surface area contributed by atoms with E-state index in [4.69, 9.17) is 11.3 Å². The van der Waals surface area contributed by atoms with Crippen molar-refractivity contribution in [2.75, 3.05) is 20.2 Å². The fraction of sp³-hybridized carbons (Fsp3) is 0.625. The van der Waals surface area contributed by atoms with Crippen molar-refractivity contribution < 1.29 is 9.63 Å². The lowest BCUT2D eigenvalue weighted by Gasteiger charge is -2.10. The minimum absolute atomic E-state index is 0.0621. The van der Waals surface area contributed by atoms with Crippen molar-refractivity contribution >= 4 is 5.91 Å². The Hall–Kier alpha value is -1.05. The van der Waals surface area contributed by atoms with Gasteiger partial charge in [0.25, 0.3) is 0 Å². The zero-order valence-electron chi connectivity index (χ0n) is 7.04. The van der Waals surface area contributed by atoms with Crippen molar-refractivity contribution in [1.82, 2.24) is 10.4 Å². The lowest BCUT2D eigenvalue weighted by atomic mass is 10.3. The van der Waals surface area contributed by atoms with Crippen LogP contribution < -0.4 is 5.48 Å². The van der Waals surface area contributed by atoms with E-state index in [1.807, 2.05) is 0 Å². The number of rotatable bonds is 3. The molecule has 1 atom stereocenters. The summed E-state index contributed by atoms with van der Waals surface area (Å²) in [7, 11) is 1.77. The second-order valence-corrected chi connectivity index (χ2v) is 2.71. The molecule has 1 N–H and O–H groups in total. The van der Waals surface area contributed by atoms with E-state index >= 15 is 0 Å². The van der Waals surface area contributed by atoms with Crippen molar-refractivity contribution in [2.45, 2.75) is 12.5 Å². The highest BCUT2D eigenvalue weighted by Gasteiger charge is 2.28. The van der Waals surface area contributed by atoms with Crippen molar-refractivity contribution in [3.05, 3.63) is 0 Å². The van der Waals surface area contributed by atoms with E-state index in [0.717, 1.165) is 13.0 Å². The molecule has 0 aromatic rings. The molecule has 12 heavy (non-hydrogen) atoms. The maximum absolute atomic E-state index is 11.2. The first-order chi connectivity index (χ1) is 5.75. The predicted octanol–water partition coefficient (Wildman–Crippen LogP) is -0.629. The molecule has 1 aliphatic heterocycles. The molecule has 0 aromatic carbocycles. The van der Waals surface area contributed by atoms with Crippen LogP contribution in [0.4, 0.5) is 0 Å². The van der Waals surface area contributed by atoms with E-state index in [1.54, 1.807) is 11.9 Å². The zero-order chi connectivity index (χ0) is 8.97. The highest BCUT2D eigenvalue weighted by atomic mass is 16.6. The summed E-state index contributed by atoms with van der Waals surface area (Å²) >= 11 is 0. The molecule has 4 nitrogen and oxygen atoms in total. The summed E-state index contributed by atoms with van der Waals surface area (Å²) in [6, 6.07) is -0.219. The number of likely N-dealkylation sites (tertiary alicyclic amines) is 1. The lowest BCUT2D eigenvalue weighted by molar-refractivity contribution is -0.131. The number of nitrogens with one attached hydrogen (secondary N) is 1. The molecule has 66 valence electrons. The van der Waals surface area contributed by atoms with Gasteiger partial charge in [-0.15, -0.1) is 6.42 Å². The van der Waals surface area contributed by atoms with Crippen LogP contribution in [0.1, 0.15) is 6.42 Å². The van der Waals surface area contributed by atoms with Crippen molar-refractivity contribution in [3.8, 4) is 12.3 Å². The minimum Gasteiger partial charge on any atom is -0.344 e. The van der Waals surface area contributed by atoms with Gasteiger partial charge in [-0.1, -0.05) is 5.92 Å². The minimum atomic E-state index is -0.219. The molecular formula is C8H12N2O2. The number of carbonyl (C=O) groups is 1. The molecule has 1 aliphatic rings. The Labute approximate surface area is 71.8 Å². The van der Waals surface area contributed by atoms with Crippen molar-refractivity contribution in [3.63, 3.8) is 0 Å². The number of hydroxylamine groups is 1. The van der Waals surface area contributed by atoms with Crippen LogP contribution in [0.3, 0.4) is 0 Å². The number of terminal acetylenes is 1. The van der Waals surface area contributed by atoms with Gasteiger partial charge in [-0.25, -0.2) is 0 Å². The normalized spacial score (nSPS) is 22.8. The van der Waals surface area contributed by atoms with Gasteiger partial charge in [-0.05, 0) is 6.42 Å². The SMILES string of the molecule is C#CCONC1CCN(C)C1=O. The van der Waals surface area contributed by atoms with E-state index in [2.05, 4.69) is 11.4 Å². The highest BCUT2D eigenvalue weighted by Crippen LogP contribution is 2.07. The fourth-order valence-corrected chi connectivity index (χ4v) is 1.12. The molecule has 4 heteroatoms. The molecule has 1 fully saturated rings. The van der Waals surface area contributed by atoms with Crippen molar-refractivity contribution in [2.24, 2.45) is 0 Å². The summed E-state index contributed by atoms with van der Waals surface area (Å²) in [6.07, 6.45) is 5.74. The molecular weight excluding hydrogens is 156 g/mol. The maximum Gasteiger partial charge on any atom is 0.241 e.